The molecule has 0 atom stereocenters. The molecule has 0 radical (unpaired) electrons. The average molecular weight is 782 g/mol. The van der Waals surface area contributed by atoms with Crippen LogP contribution in [0, 0.1) is 0 Å². The number of fused-ring (bicyclic) bond motifs is 9. The van der Waals surface area contributed by atoms with Gasteiger partial charge in [0.2, 0.25) is 0 Å². The molecule has 0 bridgehead atoms. The van der Waals surface area contributed by atoms with E-state index in [-0.39, 0.29) is 0 Å². The van der Waals surface area contributed by atoms with Crippen LogP contribution in [0.15, 0.2) is 164 Å². The zero-order valence-corrected chi connectivity index (χ0v) is 32.5. The Hall–Kier alpha value is -6.71. The standard InChI is InChI=1S/C49H27N5S3/c1-3-12-28(13-4-1)43-45-44(34-17-8-10-20-38(34)57-45)51-47(50-43)31-22-24-33-41(27-31)56-40-21-11-18-35(42(33)40)49-53-46(29-14-5-2-6-15-29)52-48(54-49)30-23-25-39-36(26-30)32-16-7-9-19-37(32)55-39/h1-27H. The number of nitrogens with zero attached hydrogens (tertiary/aromatic N) is 5. The van der Waals surface area contributed by atoms with Crippen molar-refractivity contribution in [3.8, 4) is 56.8 Å². The molecule has 5 nitrogen and oxygen atoms in total. The quantitative estimate of drug-likeness (QED) is 0.174. The van der Waals surface area contributed by atoms with Gasteiger partial charge in [-0.1, -0.05) is 121 Å². The minimum absolute atomic E-state index is 0.646. The minimum atomic E-state index is 0.646. The Labute approximate surface area is 338 Å². The van der Waals surface area contributed by atoms with E-state index in [4.69, 9.17) is 24.9 Å². The van der Waals surface area contributed by atoms with E-state index in [0.717, 1.165) is 70.4 Å². The van der Waals surface area contributed by atoms with Crippen molar-refractivity contribution < 1.29 is 0 Å². The summed E-state index contributed by atoms with van der Waals surface area (Å²) in [5.41, 5.74) is 6.90. The summed E-state index contributed by atoms with van der Waals surface area (Å²) < 4.78 is 7.15. The molecule has 12 rings (SSSR count). The maximum absolute atomic E-state index is 5.25. The molecule has 0 amide bonds. The molecule has 266 valence electrons. The maximum Gasteiger partial charge on any atom is 0.164 e. The number of benzene rings is 7. The van der Waals surface area contributed by atoms with Gasteiger partial charge in [0.15, 0.2) is 23.3 Å². The first kappa shape index (κ1) is 32.5. The molecule has 57 heavy (non-hydrogen) atoms. The van der Waals surface area contributed by atoms with E-state index in [1.807, 2.05) is 35.6 Å². The smallest absolute Gasteiger partial charge is 0.164 e. The normalized spacial score (nSPS) is 11.9. The first-order valence-electron chi connectivity index (χ1n) is 18.7. The maximum atomic E-state index is 5.25. The Bertz CT molecular complexity index is 3530. The van der Waals surface area contributed by atoms with Gasteiger partial charge in [0, 0.05) is 78.2 Å². The van der Waals surface area contributed by atoms with Crippen LogP contribution in [0.4, 0.5) is 0 Å². The SMILES string of the molecule is c1ccc(-c2nc(-c3ccc4sc5ccccc5c4c3)nc(-c3cccc4sc5cc(-c6nc(-c7ccccc7)c7sc8ccccc8c7n6)ccc5c34)n2)cc1. The third-order valence-corrected chi connectivity index (χ3v) is 14.0. The minimum Gasteiger partial charge on any atom is -0.226 e. The van der Waals surface area contributed by atoms with Crippen LogP contribution in [-0.4, -0.2) is 24.9 Å². The summed E-state index contributed by atoms with van der Waals surface area (Å²) in [6.45, 7) is 0. The molecule has 0 spiro atoms. The highest BCUT2D eigenvalue weighted by Crippen LogP contribution is 2.43. The second kappa shape index (κ2) is 12.9. The Kier molecular flexibility index (Phi) is 7.38. The van der Waals surface area contributed by atoms with Crippen molar-refractivity contribution in [2.24, 2.45) is 0 Å². The predicted molar refractivity (Wildman–Crippen MR) is 241 cm³/mol. The second-order valence-corrected chi connectivity index (χ2v) is 17.2. The van der Waals surface area contributed by atoms with Gasteiger partial charge in [-0.3, -0.25) is 0 Å². The topological polar surface area (TPSA) is 64.5 Å². The Morgan fingerprint density at radius 1 is 0.316 bits per heavy atom. The average Bonchev–Trinajstić information content (AvgIpc) is 3.97. The van der Waals surface area contributed by atoms with E-state index < -0.39 is 0 Å². The highest BCUT2D eigenvalue weighted by Gasteiger charge is 2.20. The van der Waals surface area contributed by atoms with E-state index in [9.17, 15) is 0 Å². The third-order valence-electron chi connectivity index (χ3n) is 10.6. The number of hydrogen-bond donors (Lipinski definition) is 0. The van der Waals surface area contributed by atoms with Crippen molar-refractivity contribution in [2.75, 3.05) is 0 Å². The lowest BCUT2D eigenvalue weighted by atomic mass is 10.0. The molecule has 0 aliphatic carbocycles. The predicted octanol–water partition coefficient (Wildman–Crippen LogP) is 14.1. The van der Waals surface area contributed by atoms with Crippen LogP contribution in [0.5, 0.6) is 0 Å². The first-order chi connectivity index (χ1) is 28.2. The molecule has 0 fully saturated rings. The van der Waals surface area contributed by atoms with Gasteiger partial charge in [-0.05, 0) is 42.5 Å². The van der Waals surface area contributed by atoms with Gasteiger partial charge in [-0.25, -0.2) is 24.9 Å². The number of hydrogen-bond acceptors (Lipinski definition) is 8. The van der Waals surface area contributed by atoms with Crippen molar-refractivity contribution in [1.29, 1.82) is 0 Å². The van der Waals surface area contributed by atoms with Crippen LogP contribution < -0.4 is 0 Å². The lowest BCUT2D eigenvalue weighted by Gasteiger charge is -2.10. The van der Waals surface area contributed by atoms with Crippen LogP contribution in [0.1, 0.15) is 0 Å². The van der Waals surface area contributed by atoms with Crippen LogP contribution >= 0.6 is 34.0 Å². The van der Waals surface area contributed by atoms with Gasteiger partial charge in [0.1, 0.15) is 0 Å². The Morgan fingerprint density at radius 2 is 0.912 bits per heavy atom. The summed E-state index contributed by atoms with van der Waals surface area (Å²) in [5.74, 6) is 2.66. The van der Waals surface area contributed by atoms with Crippen molar-refractivity contribution in [2.45, 2.75) is 0 Å². The van der Waals surface area contributed by atoms with Crippen molar-refractivity contribution in [3.05, 3.63) is 164 Å². The van der Waals surface area contributed by atoms with Crippen LogP contribution in [0.3, 0.4) is 0 Å². The Morgan fingerprint density at radius 3 is 1.74 bits per heavy atom. The zero-order valence-electron chi connectivity index (χ0n) is 30.0. The molecule has 8 heteroatoms. The molecule has 5 heterocycles. The van der Waals surface area contributed by atoms with Crippen molar-refractivity contribution in [3.63, 3.8) is 0 Å². The van der Waals surface area contributed by atoms with Crippen LogP contribution in [-0.2, 0) is 0 Å². The fraction of sp³-hybridized carbons (Fsp3) is 0. The number of thiophene rings is 3. The van der Waals surface area contributed by atoms with E-state index in [2.05, 4.69) is 140 Å². The lowest BCUT2D eigenvalue weighted by molar-refractivity contribution is 1.08. The summed E-state index contributed by atoms with van der Waals surface area (Å²) in [6, 6.07) is 57.3. The number of aromatic nitrogens is 5. The van der Waals surface area contributed by atoms with Crippen molar-refractivity contribution in [1.82, 2.24) is 24.9 Å². The molecule has 0 N–H and O–H groups in total. The summed E-state index contributed by atoms with van der Waals surface area (Å²) in [6.07, 6.45) is 0. The third kappa shape index (κ3) is 5.37. The molecule has 5 aromatic heterocycles. The molecular weight excluding hydrogens is 755 g/mol. The van der Waals surface area contributed by atoms with Gasteiger partial charge in [-0.15, -0.1) is 34.0 Å². The molecule has 0 unspecified atom stereocenters. The van der Waals surface area contributed by atoms with Crippen LogP contribution in [0.25, 0.3) is 117 Å². The molecule has 0 saturated carbocycles. The largest absolute Gasteiger partial charge is 0.226 e. The Balaban J connectivity index is 1.03. The molecular formula is C49H27N5S3. The van der Waals surface area contributed by atoms with E-state index in [0.29, 0.717) is 17.5 Å². The van der Waals surface area contributed by atoms with Gasteiger partial charge in [0.25, 0.3) is 0 Å². The molecule has 0 saturated heterocycles. The van der Waals surface area contributed by atoms with Gasteiger partial charge >= 0.3 is 0 Å². The summed E-state index contributed by atoms with van der Waals surface area (Å²) in [4.78, 5) is 25.9. The summed E-state index contributed by atoms with van der Waals surface area (Å²) in [7, 11) is 0. The molecule has 12 aromatic rings. The summed E-state index contributed by atoms with van der Waals surface area (Å²) in [5, 5.41) is 5.89. The summed E-state index contributed by atoms with van der Waals surface area (Å²) >= 11 is 5.33. The lowest BCUT2D eigenvalue weighted by Crippen LogP contribution is -2.00. The highest BCUT2D eigenvalue weighted by molar-refractivity contribution is 7.26. The zero-order chi connectivity index (χ0) is 37.5. The highest BCUT2D eigenvalue weighted by atomic mass is 32.1. The van der Waals surface area contributed by atoms with E-state index >= 15 is 0 Å². The molecule has 0 aliphatic rings. The fourth-order valence-electron chi connectivity index (χ4n) is 7.87. The first-order valence-corrected chi connectivity index (χ1v) is 21.1. The second-order valence-electron chi connectivity index (χ2n) is 14.0. The fourth-order valence-corrected chi connectivity index (χ4v) is 11.3. The van der Waals surface area contributed by atoms with Crippen LogP contribution in [0.2, 0.25) is 0 Å². The molecule has 0 aliphatic heterocycles. The number of rotatable bonds is 5. The van der Waals surface area contributed by atoms with E-state index in [1.165, 1.54) is 29.6 Å². The van der Waals surface area contributed by atoms with Gasteiger partial charge < -0.3 is 0 Å². The van der Waals surface area contributed by atoms with Crippen molar-refractivity contribution >= 4 is 94.7 Å². The van der Waals surface area contributed by atoms with Gasteiger partial charge in [0.05, 0.1) is 15.9 Å². The van der Waals surface area contributed by atoms with Gasteiger partial charge in [-0.2, -0.15) is 0 Å². The molecule has 7 aromatic carbocycles. The monoisotopic (exact) mass is 781 g/mol. The van der Waals surface area contributed by atoms with E-state index in [1.54, 1.807) is 22.7 Å².